The van der Waals surface area contributed by atoms with Gasteiger partial charge in [-0.15, -0.1) is 0 Å². The summed E-state index contributed by atoms with van der Waals surface area (Å²) in [7, 11) is -3.04. The number of sulfone groups is 1. The molecular formula is C16H24N2O3S. The van der Waals surface area contributed by atoms with E-state index in [1.165, 1.54) is 6.26 Å². The third-order valence-corrected chi connectivity index (χ3v) is 5.84. The Morgan fingerprint density at radius 3 is 2.59 bits per heavy atom. The monoisotopic (exact) mass is 324 g/mol. The number of hydrogen-bond acceptors (Lipinski definition) is 3. The highest BCUT2D eigenvalue weighted by Gasteiger charge is 2.29. The fraction of sp³-hybridized carbons (Fsp3) is 0.562. The molecule has 2 atom stereocenters. The number of urea groups is 1. The van der Waals surface area contributed by atoms with Gasteiger partial charge >= 0.3 is 6.03 Å². The van der Waals surface area contributed by atoms with Gasteiger partial charge in [0.25, 0.3) is 0 Å². The fourth-order valence-electron chi connectivity index (χ4n) is 2.96. The van der Waals surface area contributed by atoms with Crippen molar-refractivity contribution in [1.29, 1.82) is 0 Å². The lowest BCUT2D eigenvalue weighted by atomic mass is 9.95. The number of aryl methyl sites for hydroxylation is 2. The van der Waals surface area contributed by atoms with Crippen LogP contribution >= 0.6 is 0 Å². The lowest BCUT2D eigenvalue weighted by molar-refractivity contribution is 0.244. The zero-order chi connectivity index (χ0) is 16.3. The fourth-order valence-corrected chi connectivity index (χ4v) is 4.14. The van der Waals surface area contributed by atoms with Crippen molar-refractivity contribution in [2.24, 2.45) is 0 Å². The lowest BCUT2D eigenvalue weighted by Gasteiger charge is -2.28. The van der Waals surface area contributed by atoms with Crippen molar-refractivity contribution in [3.8, 4) is 0 Å². The molecule has 22 heavy (non-hydrogen) atoms. The van der Waals surface area contributed by atoms with E-state index in [2.05, 4.69) is 10.6 Å². The molecule has 0 bridgehead atoms. The predicted octanol–water partition coefficient (Wildman–Crippen LogP) is 2.78. The van der Waals surface area contributed by atoms with Gasteiger partial charge in [-0.2, -0.15) is 0 Å². The summed E-state index contributed by atoms with van der Waals surface area (Å²) < 4.78 is 23.3. The molecule has 0 radical (unpaired) electrons. The maximum Gasteiger partial charge on any atom is 0.319 e. The van der Waals surface area contributed by atoms with Crippen LogP contribution in [0.3, 0.4) is 0 Å². The van der Waals surface area contributed by atoms with E-state index in [-0.39, 0.29) is 17.3 Å². The first-order valence-corrected chi connectivity index (χ1v) is 9.55. The lowest BCUT2D eigenvalue weighted by Crippen LogP contribution is -2.43. The van der Waals surface area contributed by atoms with E-state index in [1.54, 1.807) is 0 Å². The van der Waals surface area contributed by atoms with Gasteiger partial charge in [0.1, 0.15) is 9.84 Å². The Morgan fingerprint density at radius 1 is 1.23 bits per heavy atom. The SMILES string of the molecule is Cc1ccc(NC(=O)N[C@H]2CCC[C@@H](S(C)(=O)=O)C2)c(C)c1. The van der Waals surface area contributed by atoms with Crippen molar-refractivity contribution < 1.29 is 13.2 Å². The maximum absolute atomic E-state index is 12.1. The number of carbonyl (C=O) groups excluding carboxylic acids is 1. The summed E-state index contributed by atoms with van der Waals surface area (Å²) in [6.07, 6.45) is 4.11. The van der Waals surface area contributed by atoms with Gasteiger partial charge in [-0.1, -0.05) is 24.1 Å². The molecule has 2 N–H and O–H groups in total. The van der Waals surface area contributed by atoms with Gasteiger partial charge in [-0.05, 0) is 44.7 Å². The highest BCUT2D eigenvalue weighted by molar-refractivity contribution is 7.91. The van der Waals surface area contributed by atoms with Crippen LogP contribution in [0.4, 0.5) is 10.5 Å². The summed E-state index contributed by atoms with van der Waals surface area (Å²) in [5.41, 5.74) is 2.93. The van der Waals surface area contributed by atoms with E-state index in [9.17, 15) is 13.2 Å². The van der Waals surface area contributed by atoms with Crippen molar-refractivity contribution in [2.75, 3.05) is 11.6 Å². The van der Waals surface area contributed by atoms with E-state index in [0.717, 1.165) is 29.7 Å². The van der Waals surface area contributed by atoms with Crippen molar-refractivity contribution in [3.05, 3.63) is 29.3 Å². The van der Waals surface area contributed by atoms with E-state index >= 15 is 0 Å². The molecule has 122 valence electrons. The van der Waals surface area contributed by atoms with Gasteiger partial charge in [0.05, 0.1) is 5.25 Å². The molecule has 0 heterocycles. The Hall–Kier alpha value is -1.56. The molecule has 0 aromatic heterocycles. The van der Waals surface area contributed by atoms with E-state index in [0.29, 0.717) is 12.8 Å². The zero-order valence-corrected chi connectivity index (χ0v) is 14.2. The quantitative estimate of drug-likeness (QED) is 0.897. The minimum Gasteiger partial charge on any atom is -0.335 e. The summed E-state index contributed by atoms with van der Waals surface area (Å²) in [6.45, 7) is 3.95. The predicted molar refractivity (Wildman–Crippen MR) is 89.0 cm³/mol. The average Bonchev–Trinajstić information content (AvgIpc) is 2.41. The van der Waals surface area contributed by atoms with Crippen molar-refractivity contribution in [3.63, 3.8) is 0 Å². The zero-order valence-electron chi connectivity index (χ0n) is 13.3. The molecular weight excluding hydrogens is 300 g/mol. The second-order valence-electron chi connectivity index (χ2n) is 6.23. The number of nitrogens with one attached hydrogen (secondary N) is 2. The molecule has 6 heteroatoms. The third-order valence-electron chi connectivity index (χ3n) is 4.20. The number of hydrogen-bond donors (Lipinski definition) is 2. The molecule has 2 amide bonds. The van der Waals surface area contributed by atoms with E-state index in [1.807, 2.05) is 32.0 Å². The molecule has 0 spiro atoms. The smallest absolute Gasteiger partial charge is 0.319 e. The summed E-state index contributed by atoms with van der Waals surface area (Å²) in [6, 6.07) is 5.48. The molecule has 1 aliphatic rings. The minimum atomic E-state index is -3.04. The number of carbonyl (C=O) groups is 1. The van der Waals surface area contributed by atoms with Gasteiger partial charge < -0.3 is 10.6 Å². The second kappa shape index (κ2) is 6.69. The molecule has 5 nitrogen and oxygen atoms in total. The van der Waals surface area contributed by atoms with Crippen LogP contribution in [0.15, 0.2) is 18.2 Å². The van der Waals surface area contributed by atoms with Gasteiger partial charge in [0.15, 0.2) is 0 Å². The number of benzene rings is 1. The standard InChI is InChI=1S/C16H24N2O3S/c1-11-7-8-15(12(2)9-11)18-16(19)17-13-5-4-6-14(10-13)22(3,20)21/h7-9,13-14H,4-6,10H2,1-3H3,(H2,17,18,19)/t13-,14+/m0/s1. The van der Waals surface area contributed by atoms with Crippen LogP contribution in [0.1, 0.15) is 36.8 Å². The highest BCUT2D eigenvalue weighted by Crippen LogP contribution is 2.24. The third kappa shape index (κ3) is 4.47. The normalized spacial score (nSPS) is 22.1. The Morgan fingerprint density at radius 2 is 1.95 bits per heavy atom. The number of anilines is 1. The number of rotatable bonds is 3. The molecule has 0 unspecified atom stereocenters. The number of amides is 2. The minimum absolute atomic E-state index is 0.0840. The first-order valence-electron chi connectivity index (χ1n) is 7.59. The van der Waals surface area contributed by atoms with Crippen molar-refractivity contribution in [2.45, 2.75) is 50.8 Å². The summed E-state index contributed by atoms with van der Waals surface area (Å²) in [5.74, 6) is 0. The van der Waals surface area contributed by atoms with Gasteiger partial charge in [-0.25, -0.2) is 13.2 Å². The van der Waals surface area contributed by atoms with Crippen molar-refractivity contribution in [1.82, 2.24) is 5.32 Å². The van der Waals surface area contributed by atoms with Crippen LogP contribution < -0.4 is 10.6 Å². The maximum atomic E-state index is 12.1. The largest absolute Gasteiger partial charge is 0.335 e. The molecule has 1 aromatic rings. The first kappa shape index (κ1) is 16.8. The highest BCUT2D eigenvalue weighted by atomic mass is 32.2. The molecule has 1 aromatic carbocycles. The van der Waals surface area contributed by atoms with Gasteiger partial charge in [0.2, 0.25) is 0 Å². The van der Waals surface area contributed by atoms with E-state index < -0.39 is 9.84 Å². The van der Waals surface area contributed by atoms with Crippen LogP contribution in [-0.2, 0) is 9.84 Å². The summed E-state index contributed by atoms with van der Waals surface area (Å²) in [4.78, 5) is 12.1. The molecule has 0 saturated heterocycles. The van der Waals surface area contributed by atoms with E-state index in [4.69, 9.17) is 0 Å². The Bertz CT molecular complexity index is 655. The molecule has 2 rings (SSSR count). The Balaban J connectivity index is 1.94. The average molecular weight is 324 g/mol. The van der Waals surface area contributed by atoms with Crippen molar-refractivity contribution >= 4 is 21.6 Å². The molecule has 0 aliphatic heterocycles. The van der Waals surface area contributed by atoms with Crippen LogP contribution in [0.2, 0.25) is 0 Å². The second-order valence-corrected chi connectivity index (χ2v) is 8.56. The van der Waals surface area contributed by atoms with Crippen LogP contribution in [-0.4, -0.2) is 32.0 Å². The van der Waals surface area contributed by atoms with Crippen LogP contribution in [0.5, 0.6) is 0 Å². The van der Waals surface area contributed by atoms with Gasteiger partial charge in [-0.3, -0.25) is 0 Å². The molecule has 1 saturated carbocycles. The van der Waals surface area contributed by atoms with Gasteiger partial charge in [0, 0.05) is 18.0 Å². The van der Waals surface area contributed by atoms with Crippen LogP contribution in [0, 0.1) is 13.8 Å². The Kier molecular flexibility index (Phi) is 5.11. The molecule has 1 aliphatic carbocycles. The summed E-state index contributed by atoms with van der Waals surface area (Å²) in [5, 5.41) is 5.40. The molecule has 1 fully saturated rings. The summed E-state index contributed by atoms with van der Waals surface area (Å²) >= 11 is 0. The first-order chi connectivity index (χ1) is 10.3. The van der Waals surface area contributed by atoms with Crippen LogP contribution in [0.25, 0.3) is 0 Å². The Labute approximate surface area is 132 Å². The topological polar surface area (TPSA) is 75.3 Å².